The van der Waals surface area contributed by atoms with Crippen molar-refractivity contribution in [2.45, 2.75) is 4.34 Å². The molecule has 1 aliphatic heterocycles. The van der Waals surface area contributed by atoms with E-state index < -0.39 is 5.97 Å². The Morgan fingerprint density at radius 3 is 2.73 bits per heavy atom. The third-order valence-corrected chi connectivity index (χ3v) is 7.02. The highest BCUT2D eigenvalue weighted by Gasteiger charge is 2.19. The number of nitrogens with zero attached hydrogens (tertiary/aromatic N) is 3. The summed E-state index contributed by atoms with van der Waals surface area (Å²) in [5.74, 6) is 1.38. The zero-order chi connectivity index (χ0) is 23.2. The number of thiazole rings is 1. The molecule has 11 heteroatoms. The largest absolute Gasteiger partial charge is 0.494 e. The van der Waals surface area contributed by atoms with Crippen molar-refractivity contribution in [3.05, 3.63) is 41.4 Å². The molecule has 0 unspecified atom stereocenters. The summed E-state index contributed by atoms with van der Waals surface area (Å²) < 4.78 is 16.7. The van der Waals surface area contributed by atoms with Crippen molar-refractivity contribution >= 4 is 57.8 Å². The van der Waals surface area contributed by atoms with Gasteiger partial charge in [0, 0.05) is 42.8 Å². The first-order valence-electron chi connectivity index (χ1n) is 10.2. The molecule has 0 amide bonds. The van der Waals surface area contributed by atoms with Gasteiger partial charge in [-0.25, -0.2) is 14.8 Å². The lowest BCUT2D eigenvalue weighted by atomic mass is 10.2. The normalized spacial score (nSPS) is 13.5. The maximum Gasteiger partial charge on any atom is 0.351 e. The quantitative estimate of drug-likeness (QED) is 0.352. The standard InChI is InChI=1S/C22H25N5O4S2/c1-29-17-13-15(27-8-10-31-11-9-27)4-5-16(17)25-18-12-14(6-7-23-18)24-20-19(21(28)30-2)33-22(26-20)32-3/h4-7,12-13H,8-11H2,1-3H3,(H2,23,24,25). The van der Waals surface area contributed by atoms with Gasteiger partial charge in [-0.3, -0.25) is 0 Å². The van der Waals surface area contributed by atoms with Crippen LogP contribution in [0.2, 0.25) is 0 Å². The Morgan fingerprint density at radius 1 is 1.18 bits per heavy atom. The van der Waals surface area contributed by atoms with Gasteiger partial charge in [-0.2, -0.15) is 0 Å². The number of thioether (sulfide) groups is 1. The molecule has 4 rings (SSSR count). The van der Waals surface area contributed by atoms with Crippen molar-refractivity contribution in [1.29, 1.82) is 0 Å². The second kappa shape index (κ2) is 10.7. The van der Waals surface area contributed by atoms with Crippen LogP contribution >= 0.6 is 23.1 Å². The Hall–Kier alpha value is -3.02. The van der Waals surface area contributed by atoms with Gasteiger partial charge >= 0.3 is 5.97 Å². The topological polar surface area (TPSA) is 97.8 Å². The van der Waals surface area contributed by atoms with Crippen molar-refractivity contribution in [3.63, 3.8) is 0 Å². The second-order valence-corrected chi connectivity index (χ2v) is 9.07. The number of hydrogen-bond acceptors (Lipinski definition) is 11. The molecule has 3 aromatic rings. The minimum absolute atomic E-state index is 0.423. The van der Waals surface area contributed by atoms with Crippen LogP contribution in [0.1, 0.15) is 9.67 Å². The zero-order valence-corrected chi connectivity index (χ0v) is 20.2. The summed E-state index contributed by atoms with van der Waals surface area (Å²) in [6.45, 7) is 3.16. The molecule has 1 aromatic carbocycles. The number of methoxy groups -OCH3 is 2. The SMILES string of the molecule is COC(=O)c1sc(SC)nc1Nc1ccnc(Nc2ccc(N3CCOCC3)cc2OC)c1. The molecule has 0 radical (unpaired) electrons. The van der Waals surface area contributed by atoms with Crippen LogP contribution in [0.5, 0.6) is 5.75 Å². The van der Waals surface area contributed by atoms with Crippen molar-refractivity contribution in [2.24, 2.45) is 0 Å². The Balaban J connectivity index is 1.53. The molecule has 3 heterocycles. The number of nitrogens with one attached hydrogen (secondary N) is 2. The number of carbonyl (C=O) groups is 1. The van der Waals surface area contributed by atoms with Crippen LogP contribution in [-0.4, -0.2) is 62.7 Å². The molecule has 0 atom stereocenters. The van der Waals surface area contributed by atoms with E-state index in [0.29, 0.717) is 16.5 Å². The minimum atomic E-state index is -0.423. The van der Waals surface area contributed by atoms with Crippen molar-refractivity contribution in [1.82, 2.24) is 9.97 Å². The Bertz CT molecular complexity index is 1120. The average Bonchev–Trinajstić information content (AvgIpc) is 3.27. The summed E-state index contributed by atoms with van der Waals surface area (Å²) in [6.07, 6.45) is 3.59. The van der Waals surface area contributed by atoms with Crippen LogP contribution in [0.15, 0.2) is 40.9 Å². The smallest absolute Gasteiger partial charge is 0.351 e. The van der Waals surface area contributed by atoms with Crippen molar-refractivity contribution in [2.75, 3.05) is 62.3 Å². The first-order chi connectivity index (χ1) is 16.1. The van der Waals surface area contributed by atoms with Crippen molar-refractivity contribution < 1.29 is 19.0 Å². The van der Waals surface area contributed by atoms with Crippen LogP contribution in [0.25, 0.3) is 0 Å². The fraction of sp³-hybridized carbons (Fsp3) is 0.318. The molecule has 9 nitrogen and oxygen atoms in total. The molecule has 1 aliphatic rings. The number of rotatable bonds is 8. The number of pyridine rings is 1. The molecule has 2 N–H and O–H groups in total. The van der Waals surface area contributed by atoms with Gasteiger partial charge in [0.25, 0.3) is 0 Å². The zero-order valence-electron chi connectivity index (χ0n) is 18.6. The minimum Gasteiger partial charge on any atom is -0.494 e. The fourth-order valence-corrected chi connectivity index (χ4v) is 4.79. The van der Waals surface area contributed by atoms with Gasteiger partial charge < -0.3 is 29.7 Å². The maximum atomic E-state index is 12.1. The number of esters is 1. The fourth-order valence-electron chi connectivity index (χ4n) is 3.36. The lowest BCUT2D eigenvalue weighted by Gasteiger charge is -2.29. The van der Waals surface area contributed by atoms with Crippen LogP contribution in [0.4, 0.5) is 28.7 Å². The summed E-state index contributed by atoms with van der Waals surface area (Å²) in [7, 11) is 3.01. The average molecular weight is 488 g/mol. The number of anilines is 5. The molecule has 0 saturated carbocycles. The van der Waals surface area contributed by atoms with Crippen LogP contribution < -0.4 is 20.3 Å². The van der Waals surface area contributed by atoms with E-state index in [2.05, 4.69) is 31.6 Å². The molecule has 0 spiro atoms. The van der Waals surface area contributed by atoms with Gasteiger partial charge in [0.05, 0.1) is 33.1 Å². The first-order valence-corrected chi connectivity index (χ1v) is 12.3. The summed E-state index contributed by atoms with van der Waals surface area (Å²) in [6, 6.07) is 9.70. The number of morpholine rings is 1. The summed E-state index contributed by atoms with van der Waals surface area (Å²) >= 11 is 2.76. The van der Waals surface area contributed by atoms with E-state index in [9.17, 15) is 4.79 Å². The molecular formula is C22H25N5O4S2. The highest BCUT2D eigenvalue weighted by atomic mass is 32.2. The number of aromatic nitrogens is 2. The van der Waals surface area contributed by atoms with E-state index in [1.807, 2.05) is 30.5 Å². The van der Waals surface area contributed by atoms with Gasteiger partial charge in [0.15, 0.2) is 15.0 Å². The van der Waals surface area contributed by atoms with Gasteiger partial charge in [-0.1, -0.05) is 23.1 Å². The predicted octanol–water partition coefficient (Wildman–Crippen LogP) is 4.38. The van der Waals surface area contributed by atoms with E-state index in [1.165, 1.54) is 30.2 Å². The van der Waals surface area contributed by atoms with Crippen molar-refractivity contribution in [3.8, 4) is 5.75 Å². The Labute approximate surface area is 200 Å². The van der Waals surface area contributed by atoms with Gasteiger partial charge in [0.2, 0.25) is 0 Å². The maximum absolute atomic E-state index is 12.1. The van der Waals surface area contributed by atoms with Crippen LogP contribution in [0.3, 0.4) is 0 Å². The Morgan fingerprint density at radius 2 is 2.00 bits per heavy atom. The predicted molar refractivity (Wildman–Crippen MR) is 132 cm³/mol. The molecule has 1 saturated heterocycles. The van der Waals surface area contributed by atoms with E-state index in [-0.39, 0.29) is 0 Å². The van der Waals surface area contributed by atoms with Crippen LogP contribution in [-0.2, 0) is 9.47 Å². The summed E-state index contributed by atoms with van der Waals surface area (Å²) in [4.78, 5) is 23.7. The van der Waals surface area contributed by atoms with Gasteiger partial charge in [-0.05, 0) is 24.5 Å². The number of hydrogen-bond donors (Lipinski definition) is 2. The monoisotopic (exact) mass is 487 g/mol. The number of ether oxygens (including phenoxy) is 3. The van der Waals surface area contributed by atoms with E-state index in [0.717, 1.165) is 53.5 Å². The number of carbonyl (C=O) groups excluding carboxylic acids is 1. The lowest BCUT2D eigenvalue weighted by molar-refractivity contribution is 0.0607. The molecule has 0 bridgehead atoms. The third-order valence-electron chi connectivity index (χ3n) is 5.00. The van der Waals surface area contributed by atoms with E-state index >= 15 is 0 Å². The Kier molecular flexibility index (Phi) is 7.53. The summed E-state index contributed by atoms with van der Waals surface area (Å²) in [5, 5.41) is 6.52. The molecule has 174 valence electrons. The molecular weight excluding hydrogens is 462 g/mol. The lowest BCUT2D eigenvalue weighted by Crippen LogP contribution is -2.36. The number of benzene rings is 1. The van der Waals surface area contributed by atoms with E-state index in [1.54, 1.807) is 13.3 Å². The highest BCUT2D eigenvalue weighted by Crippen LogP contribution is 2.34. The summed E-state index contributed by atoms with van der Waals surface area (Å²) in [5.41, 5.74) is 2.62. The molecule has 2 aromatic heterocycles. The first kappa shape index (κ1) is 23.1. The van der Waals surface area contributed by atoms with Gasteiger partial charge in [0.1, 0.15) is 11.6 Å². The van der Waals surface area contributed by atoms with Gasteiger partial charge in [-0.15, -0.1) is 0 Å². The van der Waals surface area contributed by atoms with E-state index in [4.69, 9.17) is 14.2 Å². The highest BCUT2D eigenvalue weighted by molar-refractivity contribution is 8.00. The molecule has 33 heavy (non-hydrogen) atoms. The third kappa shape index (κ3) is 5.49. The molecule has 1 fully saturated rings. The molecule has 0 aliphatic carbocycles. The second-order valence-electron chi connectivity index (χ2n) is 7.02. The van der Waals surface area contributed by atoms with Crippen LogP contribution in [0, 0.1) is 0 Å².